The highest BCUT2D eigenvalue weighted by atomic mass is 19.4. The van der Waals surface area contributed by atoms with Crippen LogP contribution in [0.4, 0.5) is 13.2 Å². The van der Waals surface area contributed by atoms with E-state index < -0.39 is 12.0 Å². The molecule has 0 atom stereocenters. The minimum absolute atomic E-state index is 0.359. The highest BCUT2D eigenvalue weighted by molar-refractivity contribution is 6.09. The number of carbonyl (C=O) groups is 1. The molecule has 140 valence electrons. The molecule has 0 fully saturated rings. The van der Waals surface area contributed by atoms with E-state index in [4.69, 9.17) is 0 Å². The van der Waals surface area contributed by atoms with Crippen molar-refractivity contribution in [3.05, 3.63) is 84.4 Å². The number of Topliss-reactive ketones (excluding diaryl/α,β-unsaturated/α-hetero) is 1. The van der Waals surface area contributed by atoms with Crippen LogP contribution in [-0.2, 0) is 7.05 Å². The lowest BCUT2D eigenvalue weighted by Crippen LogP contribution is -2.22. The fraction of sp³-hybridized carbons (Fsp3) is 0.0870. The number of fused-ring (bicyclic) bond motifs is 1. The summed E-state index contributed by atoms with van der Waals surface area (Å²) in [5.41, 5.74) is 3.92. The normalized spacial score (nSPS) is 11.7. The molecule has 0 saturated carbocycles. The zero-order chi connectivity index (χ0) is 19.9. The number of aromatic nitrogens is 1. The largest absolute Gasteiger partial charge is 0.454 e. The van der Waals surface area contributed by atoms with Crippen molar-refractivity contribution in [1.29, 1.82) is 0 Å². The van der Waals surface area contributed by atoms with Gasteiger partial charge in [-0.15, -0.1) is 0 Å². The molecule has 1 aromatic heterocycles. The van der Waals surface area contributed by atoms with E-state index in [0.29, 0.717) is 5.39 Å². The molecule has 3 aromatic carbocycles. The van der Waals surface area contributed by atoms with Crippen molar-refractivity contribution in [2.24, 2.45) is 7.05 Å². The second-order valence-electron chi connectivity index (χ2n) is 6.57. The minimum atomic E-state index is -4.91. The van der Waals surface area contributed by atoms with Gasteiger partial charge in [-0.1, -0.05) is 60.7 Å². The molecular formula is C23H16F3NO. The second kappa shape index (κ2) is 6.68. The fourth-order valence-electron chi connectivity index (χ4n) is 3.58. The lowest BCUT2D eigenvalue weighted by molar-refractivity contribution is -0.0885. The highest BCUT2D eigenvalue weighted by Gasteiger charge is 2.39. The number of benzene rings is 3. The first-order chi connectivity index (χ1) is 13.4. The Hall–Kier alpha value is -3.34. The number of aryl methyl sites for hydroxylation is 1. The summed E-state index contributed by atoms with van der Waals surface area (Å²) in [7, 11) is 1.88. The number of carbonyl (C=O) groups excluding carboxylic acids is 1. The molecule has 1 heterocycles. The molecule has 0 aliphatic carbocycles. The molecule has 4 rings (SSSR count). The van der Waals surface area contributed by atoms with Crippen LogP contribution in [0.25, 0.3) is 33.3 Å². The molecule has 0 N–H and O–H groups in total. The Kier molecular flexibility index (Phi) is 4.30. The summed E-state index contributed by atoms with van der Waals surface area (Å²) >= 11 is 0. The van der Waals surface area contributed by atoms with Gasteiger partial charge in [-0.2, -0.15) is 13.2 Å². The number of hydrogen-bond acceptors (Lipinski definition) is 1. The third-order valence-electron chi connectivity index (χ3n) is 4.83. The van der Waals surface area contributed by atoms with Crippen molar-refractivity contribution in [3.8, 4) is 22.4 Å². The first-order valence-electron chi connectivity index (χ1n) is 8.72. The third-order valence-corrected chi connectivity index (χ3v) is 4.83. The van der Waals surface area contributed by atoms with Crippen LogP contribution in [0, 0.1) is 0 Å². The SMILES string of the molecule is Cn1c(-c2ccccc2)c(-c2ccccc2)c2cc(C(=O)C(F)(F)F)ccc21. The molecular weight excluding hydrogens is 363 g/mol. The van der Waals surface area contributed by atoms with Crippen LogP contribution in [0.5, 0.6) is 0 Å². The van der Waals surface area contributed by atoms with E-state index in [2.05, 4.69) is 0 Å². The van der Waals surface area contributed by atoms with Crippen LogP contribution < -0.4 is 0 Å². The Morgan fingerprint density at radius 3 is 1.96 bits per heavy atom. The van der Waals surface area contributed by atoms with Gasteiger partial charge in [0, 0.05) is 29.1 Å². The van der Waals surface area contributed by atoms with Crippen LogP contribution in [0.3, 0.4) is 0 Å². The Morgan fingerprint density at radius 2 is 1.39 bits per heavy atom. The van der Waals surface area contributed by atoms with E-state index in [0.717, 1.165) is 27.9 Å². The van der Waals surface area contributed by atoms with E-state index in [1.54, 1.807) is 6.07 Å². The number of halogens is 3. The third kappa shape index (κ3) is 2.99. The van der Waals surface area contributed by atoms with Crippen LogP contribution in [0.1, 0.15) is 10.4 Å². The Balaban J connectivity index is 2.07. The Morgan fingerprint density at radius 1 is 0.821 bits per heavy atom. The molecule has 5 heteroatoms. The summed E-state index contributed by atoms with van der Waals surface area (Å²) in [5.74, 6) is -1.83. The first kappa shape index (κ1) is 18.0. The standard InChI is InChI=1S/C23H16F3NO/c1-27-19-13-12-17(22(28)23(24,25)26)14-18(19)20(15-8-4-2-5-9-15)21(27)16-10-6-3-7-11-16/h2-14H,1H3. The van der Waals surface area contributed by atoms with Crippen molar-refractivity contribution < 1.29 is 18.0 Å². The minimum Gasteiger partial charge on any atom is -0.343 e. The predicted molar refractivity (Wildman–Crippen MR) is 104 cm³/mol. The van der Waals surface area contributed by atoms with E-state index in [-0.39, 0.29) is 5.56 Å². The maximum atomic E-state index is 13.0. The van der Waals surface area contributed by atoms with Crippen molar-refractivity contribution in [2.45, 2.75) is 6.18 Å². The van der Waals surface area contributed by atoms with Crippen molar-refractivity contribution in [1.82, 2.24) is 4.57 Å². The average Bonchev–Trinajstić information content (AvgIpc) is 3.00. The van der Waals surface area contributed by atoms with E-state index in [9.17, 15) is 18.0 Å². The van der Waals surface area contributed by atoms with E-state index >= 15 is 0 Å². The maximum Gasteiger partial charge on any atom is 0.454 e. The zero-order valence-electron chi connectivity index (χ0n) is 15.0. The summed E-state index contributed by atoms with van der Waals surface area (Å²) in [4.78, 5) is 11.8. The summed E-state index contributed by atoms with van der Waals surface area (Å²) in [6.07, 6.45) is -4.91. The van der Waals surface area contributed by atoms with Crippen LogP contribution >= 0.6 is 0 Å². The van der Waals surface area contributed by atoms with Gasteiger partial charge in [-0.25, -0.2) is 0 Å². The summed E-state index contributed by atoms with van der Waals surface area (Å²) in [5, 5.41) is 0.614. The van der Waals surface area contributed by atoms with Crippen molar-refractivity contribution in [3.63, 3.8) is 0 Å². The number of nitrogens with zero attached hydrogens (tertiary/aromatic N) is 1. The first-order valence-corrected chi connectivity index (χ1v) is 8.72. The molecule has 0 aliphatic heterocycles. The van der Waals surface area contributed by atoms with Crippen molar-refractivity contribution >= 4 is 16.7 Å². The Labute approximate surface area is 159 Å². The maximum absolute atomic E-state index is 13.0. The van der Waals surface area contributed by atoms with Gasteiger partial charge >= 0.3 is 6.18 Å². The van der Waals surface area contributed by atoms with Gasteiger partial charge in [0.15, 0.2) is 0 Å². The predicted octanol–water partition coefficient (Wildman–Crippen LogP) is 6.26. The monoisotopic (exact) mass is 379 g/mol. The molecule has 0 bridgehead atoms. The molecule has 4 aromatic rings. The van der Waals surface area contributed by atoms with Gasteiger partial charge in [-0.05, 0) is 29.3 Å². The van der Waals surface area contributed by atoms with Gasteiger partial charge in [0.05, 0.1) is 5.69 Å². The van der Waals surface area contributed by atoms with Gasteiger partial charge in [0.25, 0.3) is 5.78 Å². The van der Waals surface area contributed by atoms with E-state index in [1.807, 2.05) is 72.3 Å². The quantitative estimate of drug-likeness (QED) is 0.385. The number of alkyl halides is 3. The zero-order valence-corrected chi connectivity index (χ0v) is 15.0. The van der Waals surface area contributed by atoms with Gasteiger partial charge in [-0.3, -0.25) is 4.79 Å². The second-order valence-corrected chi connectivity index (χ2v) is 6.57. The van der Waals surface area contributed by atoms with Crippen LogP contribution in [0.2, 0.25) is 0 Å². The summed E-state index contributed by atoms with van der Waals surface area (Å²) in [6.45, 7) is 0. The molecule has 0 unspecified atom stereocenters. The molecule has 0 spiro atoms. The Bertz CT molecular complexity index is 1160. The van der Waals surface area contributed by atoms with Gasteiger partial charge < -0.3 is 4.57 Å². The fourth-order valence-corrected chi connectivity index (χ4v) is 3.58. The molecule has 0 radical (unpaired) electrons. The summed E-state index contributed by atoms with van der Waals surface area (Å²) < 4.78 is 40.8. The molecule has 0 amide bonds. The van der Waals surface area contributed by atoms with Gasteiger partial charge in [0.1, 0.15) is 0 Å². The number of rotatable bonds is 3. The lowest BCUT2D eigenvalue weighted by Gasteiger charge is -2.09. The number of ketones is 1. The number of hydrogen-bond donors (Lipinski definition) is 0. The summed E-state index contributed by atoms with van der Waals surface area (Å²) in [6, 6.07) is 23.3. The van der Waals surface area contributed by atoms with Crippen molar-refractivity contribution in [2.75, 3.05) is 0 Å². The molecule has 0 saturated heterocycles. The average molecular weight is 379 g/mol. The molecule has 0 aliphatic rings. The topological polar surface area (TPSA) is 22.0 Å². The van der Waals surface area contributed by atoms with Crippen LogP contribution in [-0.4, -0.2) is 16.5 Å². The van der Waals surface area contributed by atoms with Crippen LogP contribution in [0.15, 0.2) is 78.9 Å². The molecule has 2 nitrogen and oxygen atoms in total. The van der Waals surface area contributed by atoms with Gasteiger partial charge in [0.2, 0.25) is 0 Å². The molecule has 28 heavy (non-hydrogen) atoms. The van der Waals surface area contributed by atoms with E-state index in [1.165, 1.54) is 12.1 Å². The highest BCUT2D eigenvalue weighted by Crippen LogP contribution is 2.41. The smallest absolute Gasteiger partial charge is 0.343 e. The lowest BCUT2D eigenvalue weighted by atomic mass is 9.97.